The Morgan fingerprint density at radius 3 is 1.57 bits per heavy atom. The Hall–Kier alpha value is -8.74. The van der Waals surface area contributed by atoms with E-state index in [9.17, 15) is 82.8 Å². The normalized spacial score (nSPS) is 15.6. The number of benzene rings is 2. The van der Waals surface area contributed by atoms with Crippen LogP contribution in [0.4, 0.5) is 4.79 Å². The maximum absolute atomic E-state index is 14.9. The molecule has 558 valence electrons. The van der Waals surface area contributed by atoms with Gasteiger partial charge in [-0.05, 0) is 79.7 Å². The number of nitrogens with two attached hydrogens (primary N) is 4. The molecule has 100 heavy (non-hydrogen) atoms. The smallest absolute Gasteiger partial charge is 0.408 e. The van der Waals surface area contributed by atoms with Gasteiger partial charge in [0, 0.05) is 50.5 Å². The fourth-order valence-electron chi connectivity index (χ4n) is 11.0. The lowest BCUT2D eigenvalue weighted by molar-refractivity contribution is -0.145. The minimum atomic E-state index is -1.73. The molecule has 1 unspecified atom stereocenters. The van der Waals surface area contributed by atoms with E-state index in [1.807, 2.05) is 19.9 Å². The Balaban J connectivity index is 2.54. The number of aliphatic imine (C=N–C) groups is 1. The summed E-state index contributed by atoms with van der Waals surface area (Å²) in [7, 11) is 0. The van der Waals surface area contributed by atoms with Crippen molar-refractivity contribution in [2.45, 2.75) is 220 Å². The van der Waals surface area contributed by atoms with E-state index in [-0.39, 0.29) is 69.0 Å². The SMILES string of the molecule is CC[C@H](C)C(CC(=O)[C@@H](CCCN=C(N)N)NC(=O)[C@@H](CC(=O)[C@@H](NC(=O)[C@@H](NC(=O)[C@H](CC(C)C)NC(=O)[C@@H](CC(C)C)NC(=O)OCc1ccccc1)[C@H](N)c1ccccc1)[C@H](O)C(C)C)CC(C)C)C(=O)N[C@H](C(=O)CCC(=O)N[C@@H](CC(N)=O)C(=O)C[C@@H](CO)C(=O)O)[C@@H](C)O. The molecule has 0 fully saturated rings. The predicted molar refractivity (Wildman–Crippen MR) is 371 cm³/mol. The van der Waals surface area contributed by atoms with Gasteiger partial charge in [0.05, 0.1) is 49.3 Å². The largest absolute Gasteiger partial charge is 0.481 e. The molecule has 0 aromatic heterocycles. The summed E-state index contributed by atoms with van der Waals surface area (Å²) in [6, 6.07) is 5.35. The van der Waals surface area contributed by atoms with Crippen LogP contribution in [-0.2, 0) is 68.9 Å². The van der Waals surface area contributed by atoms with Gasteiger partial charge in [0.2, 0.25) is 41.4 Å². The highest BCUT2D eigenvalue weighted by molar-refractivity contribution is 6.00. The quantitative estimate of drug-likeness (QED) is 0.0254. The minimum Gasteiger partial charge on any atom is -0.481 e. The molecule has 8 amide bonds. The van der Waals surface area contributed by atoms with E-state index in [1.54, 1.807) is 110 Å². The summed E-state index contributed by atoms with van der Waals surface area (Å²) in [6.45, 7) is 17.6. The van der Waals surface area contributed by atoms with Crippen molar-refractivity contribution in [3.05, 3.63) is 71.8 Å². The molecule has 30 heteroatoms. The zero-order valence-electron chi connectivity index (χ0n) is 59.5. The number of rotatable bonds is 48. The molecule has 0 saturated heterocycles. The second-order valence-corrected chi connectivity index (χ2v) is 27.3. The summed E-state index contributed by atoms with van der Waals surface area (Å²) in [6.07, 6.45) is -7.37. The number of hydrogen-bond acceptors (Lipinski definition) is 19. The van der Waals surface area contributed by atoms with Crippen molar-refractivity contribution >= 4 is 82.5 Å². The van der Waals surface area contributed by atoms with Crippen LogP contribution >= 0.6 is 0 Å². The Kier molecular flexibility index (Phi) is 38.8. The highest BCUT2D eigenvalue weighted by atomic mass is 16.5. The number of nitrogens with zero attached hydrogens (tertiary/aromatic N) is 1. The monoisotopic (exact) mass is 1410 g/mol. The summed E-state index contributed by atoms with van der Waals surface area (Å²) in [5.74, 6) is -17.1. The van der Waals surface area contributed by atoms with E-state index in [0.717, 1.165) is 0 Å². The summed E-state index contributed by atoms with van der Waals surface area (Å²) in [5, 5.41) is 59.6. The van der Waals surface area contributed by atoms with Crippen molar-refractivity contribution in [3.8, 4) is 0 Å². The molecule has 2 aromatic rings. The van der Waals surface area contributed by atoms with Crippen LogP contribution in [0.15, 0.2) is 65.7 Å². The summed E-state index contributed by atoms with van der Waals surface area (Å²) < 4.78 is 5.41. The second-order valence-electron chi connectivity index (χ2n) is 27.3. The third kappa shape index (κ3) is 31.6. The van der Waals surface area contributed by atoms with Gasteiger partial charge in [-0.3, -0.25) is 62.5 Å². The highest BCUT2D eigenvalue weighted by Crippen LogP contribution is 2.26. The first kappa shape index (κ1) is 87.3. The van der Waals surface area contributed by atoms with Gasteiger partial charge >= 0.3 is 12.1 Å². The molecule has 2 aromatic carbocycles. The van der Waals surface area contributed by atoms with Crippen molar-refractivity contribution < 1.29 is 87.5 Å². The number of aliphatic hydroxyl groups excluding tert-OH is 3. The average Bonchev–Trinajstić information content (AvgIpc) is 0.829. The molecule has 0 bridgehead atoms. The summed E-state index contributed by atoms with van der Waals surface area (Å²) in [4.78, 5) is 182. The van der Waals surface area contributed by atoms with Gasteiger partial charge in [0.1, 0.15) is 36.8 Å². The lowest BCUT2D eigenvalue weighted by Gasteiger charge is -2.32. The van der Waals surface area contributed by atoms with Crippen molar-refractivity contribution in [1.29, 1.82) is 0 Å². The zero-order valence-corrected chi connectivity index (χ0v) is 59.5. The Morgan fingerprint density at radius 1 is 0.530 bits per heavy atom. The van der Waals surface area contributed by atoms with E-state index >= 15 is 0 Å². The number of guanidine groups is 1. The van der Waals surface area contributed by atoms with Gasteiger partial charge in [0.15, 0.2) is 29.1 Å². The van der Waals surface area contributed by atoms with Gasteiger partial charge < -0.3 is 85.3 Å². The van der Waals surface area contributed by atoms with Crippen LogP contribution in [0.5, 0.6) is 0 Å². The molecule has 19 N–H and O–H groups in total. The molecular weight excluding hydrogens is 1300 g/mol. The molecule has 14 atom stereocenters. The number of aliphatic carboxylic acids is 1. The first-order valence-corrected chi connectivity index (χ1v) is 34.1. The van der Waals surface area contributed by atoms with Gasteiger partial charge in [-0.2, -0.15) is 0 Å². The van der Waals surface area contributed by atoms with Crippen LogP contribution in [0.25, 0.3) is 0 Å². The number of carbonyl (C=O) groups excluding carboxylic acids is 12. The average molecular weight is 1410 g/mol. The molecule has 0 spiro atoms. The number of aliphatic hydroxyl groups is 3. The molecule has 0 saturated carbocycles. The lowest BCUT2D eigenvalue weighted by atomic mass is 9.83. The highest BCUT2D eigenvalue weighted by Gasteiger charge is 2.41. The molecule has 30 nitrogen and oxygen atoms in total. The molecule has 0 heterocycles. The lowest BCUT2D eigenvalue weighted by Crippen LogP contribution is -2.61. The van der Waals surface area contributed by atoms with Crippen molar-refractivity contribution in [2.75, 3.05) is 13.2 Å². The van der Waals surface area contributed by atoms with Crippen LogP contribution in [0.2, 0.25) is 0 Å². The maximum Gasteiger partial charge on any atom is 0.408 e. The van der Waals surface area contributed by atoms with Crippen molar-refractivity contribution in [2.24, 2.45) is 75.3 Å². The Morgan fingerprint density at radius 2 is 1.05 bits per heavy atom. The minimum absolute atomic E-state index is 0.000592. The third-order valence-electron chi connectivity index (χ3n) is 16.8. The number of Topliss-reactive ketones (excluding diaryl/α,β-unsaturated/α-hetero) is 4. The van der Waals surface area contributed by atoms with Crippen LogP contribution in [0.3, 0.4) is 0 Å². The summed E-state index contributed by atoms with van der Waals surface area (Å²) >= 11 is 0. The second kappa shape index (κ2) is 44.4. The number of carboxylic acid groups (broad SMARTS) is 1. The maximum atomic E-state index is 14.9. The van der Waals surface area contributed by atoms with E-state index < -0.39 is 212 Å². The number of amides is 8. The van der Waals surface area contributed by atoms with Crippen LogP contribution in [0.1, 0.15) is 170 Å². The van der Waals surface area contributed by atoms with Gasteiger partial charge in [-0.1, -0.05) is 136 Å². The number of primary amides is 1. The van der Waals surface area contributed by atoms with Crippen molar-refractivity contribution in [1.82, 2.24) is 37.2 Å². The first-order valence-electron chi connectivity index (χ1n) is 34.1. The van der Waals surface area contributed by atoms with Gasteiger partial charge in [-0.15, -0.1) is 0 Å². The van der Waals surface area contributed by atoms with E-state index in [2.05, 4.69) is 42.2 Å². The molecule has 0 aliphatic heterocycles. The van der Waals surface area contributed by atoms with E-state index in [0.29, 0.717) is 17.5 Å². The predicted octanol–water partition coefficient (Wildman–Crippen LogP) is 1.55. The van der Waals surface area contributed by atoms with Crippen molar-refractivity contribution in [3.63, 3.8) is 0 Å². The number of ether oxygens (including phenoxy) is 1. The van der Waals surface area contributed by atoms with Gasteiger partial charge in [-0.25, -0.2) is 4.79 Å². The van der Waals surface area contributed by atoms with E-state index in [4.69, 9.17) is 27.7 Å². The molecule has 0 aliphatic carbocycles. The Labute approximate surface area is 585 Å². The molecular formula is C70H110N12O18. The number of carbonyl (C=O) groups is 13. The van der Waals surface area contributed by atoms with Crippen LogP contribution in [0, 0.1) is 47.3 Å². The Bertz CT molecular complexity index is 3050. The number of ketones is 4. The summed E-state index contributed by atoms with van der Waals surface area (Å²) in [5.41, 5.74) is 24.4. The number of hydrogen-bond donors (Lipinski definition) is 15. The fraction of sp³-hybridized carbons (Fsp3) is 0.629. The topological polar surface area (TPSA) is 513 Å². The zero-order chi connectivity index (χ0) is 75.7. The molecule has 2 rings (SSSR count). The van der Waals surface area contributed by atoms with E-state index in [1.165, 1.54) is 6.92 Å². The molecule has 0 aliphatic rings. The first-order chi connectivity index (χ1) is 46.9. The third-order valence-corrected chi connectivity index (χ3v) is 16.8. The fourth-order valence-corrected chi connectivity index (χ4v) is 11.0. The van der Waals surface area contributed by atoms with Crippen LogP contribution in [-0.4, -0.2) is 171 Å². The molecule has 0 radical (unpaired) electrons. The number of alkyl carbamates (subject to hydrolysis) is 1. The van der Waals surface area contributed by atoms with Crippen LogP contribution < -0.4 is 60.2 Å². The number of nitrogens with one attached hydrogen (secondary N) is 7. The standard InChI is InChI=1S/C70H110N12O18/c1-12-41(10)47(64(93)80-59(42(11)84)52(85)25-26-57(90)76-49(34-56(71)89)53(86)32-46(35-83)68(97)98)33-54(87)48(24-19-27-75-69(73)74)77-63(92)45(28-37(2)3)31-55(88)60(62(91)40(8)9)81-67(96)61(58(72)44-22-17-14-18-23-44)82-66(95)50(29-38(4)5)78-65(94)51(30-39(6)7)79-70(99)100-36-43-20-15-13-16-21-43/h13-18,20-23,37-42,45-51,58-62,83-84,91H,12,19,24-36,72H2,1-11H3,(H2,71,89)(H,76,90)(H,77,92)(H,78,94)(H,79,99)(H,80,93)(H,81,96)(H,82,95)(H,97,98)(H4,73,74,75)/t41-,42+,45+,46-,47?,48+,49-,50-,51+,58+,59-,60+,61-,62+/m0/s1. The number of carboxylic acids is 1. The van der Waals surface area contributed by atoms with Gasteiger partial charge in [0.25, 0.3) is 0 Å².